The number of rotatable bonds is 6. The number of aliphatic hydroxyl groups excluding tert-OH is 1. The number of carbonyl (C=O) groups is 1. The summed E-state index contributed by atoms with van der Waals surface area (Å²) in [7, 11) is 0. The topological polar surface area (TPSA) is 95.7 Å². The van der Waals surface area contributed by atoms with Crippen LogP contribution in [-0.2, 0) is 0 Å². The Morgan fingerprint density at radius 1 is 1.06 bits per heavy atom. The van der Waals surface area contributed by atoms with Gasteiger partial charge in [-0.05, 0) is 42.7 Å². The molecule has 1 atom stereocenters. The van der Waals surface area contributed by atoms with Crippen molar-refractivity contribution in [2.45, 2.75) is 18.9 Å². The summed E-state index contributed by atoms with van der Waals surface area (Å²) < 4.78 is 0. The molecule has 3 aromatic carbocycles. The van der Waals surface area contributed by atoms with E-state index in [2.05, 4.69) is 10.2 Å². The average molecular weight is 452 g/mol. The molecule has 0 saturated carbocycles. The summed E-state index contributed by atoms with van der Waals surface area (Å²) in [5.41, 5.74) is 2.19. The number of hydrogen-bond donors (Lipinski definition) is 2. The molecular formula is C24H22ClN3O4. The van der Waals surface area contributed by atoms with Crippen molar-refractivity contribution in [3.63, 3.8) is 0 Å². The molecule has 0 spiro atoms. The molecule has 164 valence electrons. The van der Waals surface area contributed by atoms with E-state index >= 15 is 0 Å². The Hall–Kier alpha value is -3.42. The highest BCUT2D eigenvalue weighted by Gasteiger charge is 2.24. The molecule has 0 bridgehead atoms. The molecule has 0 radical (unpaired) electrons. The molecule has 32 heavy (non-hydrogen) atoms. The number of carbonyl (C=O) groups excluding carboxylic acids is 1. The van der Waals surface area contributed by atoms with Gasteiger partial charge in [0.25, 0.3) is 11.6 Å². The monoisotopic (exact) mass is 451 g/mol. The molecule has 1 heterocycles. The summed E-state index contributed by atoms with van der Waals surface area (Å²) in [6.45, 7) is 1.58. The lowest BCUT2D eigenvalue weighted by Crippen LogP contribution is -2.23. The maximum absolute atomic E-state index is 13.3. The van der Waals surface area contributed by atoms with Crippen LogP contribution in [0.3, 0.4) is 0 Å². The average Bonchev–Trinajstić information content (AvgIpc) is 3.34. The predicted molar refractivity (Wildman–Crippen MR) is 124 cm³/mol. The second-order valence-electron chi connectivity index (χ2n) is 7.65. The minimum Gasteiger partial charge on any atom is -0.384 e. The van der Waals surface area contributed by atoms with E-state index in [1.54, 1.807) is 36.4 Å². The molecule has 0 aromatic heterocycles. The molecule has 1 aliphatic heterocycles. The first-order chi connectivity index (χ1) is 15.4. The fraction of sp³-hybridized carbons (Fsp3) is 0.208. The van der Waals surface area contributed by atoms with Crippen molar-refractivity contribution in [1.82, 2.24) is 0 Å². The van der Waals surface area contributed by atoms with Gasteiger partial charge < -0.3 is 15.3 Å². The van der Waals surface area contributed by atoms with E-state index in [0.29, 0.717) is 27.5 Å². The van der Waals surface area contributed by atoms with Gasteiger partial charge in [-0.15, -0.1) is 0 Å². The van der Waals surface area contributed by atoms with Crippen molar-refractivity contribution < 1.29 is 14.8 Å². The number of halogens is 1. The minimum atomic E-state index is -1.01. The van der Waals surface area contributed by atoms with Crippen molar-refractivity contribution in [2.75, 3.05) is 23.3 Å². The van der Waals surface area contributed by atoms with Crippen LogP contribution in [0.4, 0.5) is 17.1 Å². The van der Waals surface area contributed by atoms with Crippen LogP contribution in [0.5, 0.6) is 0 Å². The number of non-ortho nitro benzene ring substituents is 1. The van der Waals surface area contributed by atoms with Crippen molar-refractivity contribution in [3.8, 4) is 0 Å². The molecular weight excluding hydrogens is 430 g/mol. The lowest BCUT2D eigenvalue weighted by molar-refractivity contribution is -0.384. The molecule has 1 unspecified atom stereocenters. The van der Waals surface area contributed by atoms with Crippen molar-refractivity contribution in [3.05, 3.63) is 98.6 Å². The lowest BCUT2D eigenvalue weighted by Gasteiger charge is -2.22. The van der Waals surface area contributed by atoms with Crippen LogP contribution in [0.15, 0.2) is 66.7 Å². The number of amides is 1. The largest absolute Gasteiger partial charge is 0.384 e. The Bertz CT molecular complexity index is 1150. The Balaban J connectivity index is 1.70. The van der Waals surface area contributed by atoms with Gasteiger partial charge in [0.05, 0.1) is 16.2 Å². The number of benzene rings is 3. The Morgan fingerprint density at radius 2 is 1.78 bits per heavy atom. The number of nitro benzene ring substituents is 1. The van der Waals surface area contributed by atoms with Crippen LogP contribution in [0.1, 0.15) is 40.4 Å². The maximum Gasteiger partial charge on any atom is 0.270 e. The van der Waals surface area contributed by atoms with Crippen LogP contribution in [0, 0.1) is 10.1 Å². The molecule has 1 saturated heterocycles. The van der Waals surface area contributed by atoms with Gasteiger partial charge in [0.2, 0.25) is 0 Å². The summed E-state index contributed by atoms with van der Waals surface area (Å²) in [5.74, 6) is -0.487. The van der Waals surface area contributed by atoms with E-state index in [-0.39, 0.29) is 11.3 Å². The fourth-order valence-corrected chi connectivity index (χ4v) is 4.11. The van der Waals surface area contributed by atoms with Gasteiger partial charge in [-0.1, -0.05) is 41.9 Å². The maximum atomic E-state index is 13.3. The van der Waals surface area contributed by atoms with E-state index in [0.717, 1.165) is 25.9 Å². The van der Waals surface area contributed by atoms with Crippen LogP contribution in [-0.4, -0.2) is 29.0 Å². The lowest BCUT2D eigenvalue weighted by atomic mass is 9.99. The van der Waals surface area contributed by atoms with Crippen LogP contribution in [0.25, 0.3) is 0 Å². The van der Waals surface area contributed by atoms with Crippen LogP contribution in [0.2, 0.25) is 5.02 Å². The van der Waals surface area contributed by atoms with Crippen molar-refractivity contribution in [2.24, 2.45) is 0 Å². The zero-order chi connectivity index (χ0) is 22.7. The third-order valence-electron chi connectivity index (χ3n) is 5.55. The Labute approximate surface area is 190 Å². The zero-order valence-corrected chi connectivity index (χ0v) is 18.0. The van der Waals surface area contributed by atoms with Crippen molar-refractivity contribution >= 4 is 34.6 Å². The van der Waals surface area contributed by atoms with Gasteiger partial charge >= 0.3 is 0 Å². The standard InChI is InChI=1S/C24H22ClN3O4/c25-17-8-10-21(19(14-17)23(29)16-6-2-1-3-7-16)26-24(30)20-15-18(28(31)32)9-11-22(20)27-12-4-5-13-27/h1-3,6-11,14-15,23,29H,4-5,12-13H2,(H,26,30). The molecule has 2 N–H and O–H groups in total. The highest BCUT2D eigenvalue weighted by molar-refractivity contribution is 6.30. The minimum absolute atomic E-state index is 0.154. The van der Waals surface area contributed by atoms with E-state index in [1.165, 1.54) is 12.1 Å². The summed E-state index contributed by atoms with van der Waals surface area (Å²) >= 11 is 6.16. The molecule has 1 aliphatic rings. The molecule has 0 aliphatic carbocycles. The SMILES string of the molecule is O=C(Nc1ccc(Cl)cc1C(O)c1ccccc1)c1cc([N+](=O)[O-])ccc1N1CCCC1. The van der Waals surface area contributed by atoms with E-state index in [4.69, 9.17) is 11.6 Å². The summed E-state index contributed by atoms with van der Waals surface area (Å²) in [4.78, 5) is 26.1. The van der Waals surface area contributed by atoms with E-state index in [1.807, 2.05) is 18.2 Å². The first kappa shape index (κ1) is 21.8. The number of anilines is 2. The highest BCUT2D eigenvalue weighted by Crippen LogP contribution is 2.33. The molecule has 3 aromatic rings. The number of nitrogens with one attached hydrogen (secondary N) is 1. The molecule has 4 rings (SSSR count). The van der Waals surface area contributed by atoms with Gasteiger partial charge in [-0.25, -0.2) is 0 Å². The molecule has 1 fully saturated rings. The van der Waals surface area contributed by atoms with Crippen LogP contribution >= 0.6 is 11.6 Å². The van der Waals surface area contributed by atoms with Gasteiger partial charge in [-0.3, -0.25) is 14.9 Å². The smallest absolute Gasteiger partial charge is 0.270 e. The molecule has 7 nitrogen and oxygen atoms in total. The normalized spacial score (nSPS) is 14.2. The first-order valence-corrected chi connectivity index (χ1v) is 10.7. The third-order valence-corrected chi connectivity index (χ3v) is 5.79. The van der Waals surface area contributed by atoms with Crippen molar-refractivity contribution in [1.29, 1.82) is 0 Å². The number of hydrogen-bond acceptors (Lipinski definition) is 5. The van der Waals surface area contributed by atoms with Gasteiger partial charge in [0, 0.05) is 41.5 Å². The molecule has 8 heteroatoms. The first-order valence-electron chi connectivity index (χ1n) is 10.3. The quantitative estimate of drug-likeness (QED) is 0.397. The summed E-state index contributed by atoms with van der Waals surface area (Å²) in [6, 6.07) is 18.2. The zero-order valence-electron chi connectivity index (χ0n) is 17.2. The molecule has 1 amide bonds. The highest BCUT2D eigenvalue weighted by atomic mass is 35.5. The second kappa shape index (κ2) is 9.38. The Kier molecular flexibility index (Phi) is 6.39. The van der Waals surface area contributed by atoms with E-state index in [9.17, 15) is 20.0 Å². The van der Waals surface area contributed by atoms with Gasteiger partial charge in [-0.2, -0.15) is 0 Å². The number of nitrogens with zero attached hydrogens (tertiary/aromatic N) is 2. The summed E-state index contributed by atoms with van der Waals surface area (Å²) in [6.07, 6.45) is 0.999. The Morgan fingerprint density at radius 3 is 2.47 bits per heavy atom. The number of aliphatic hydroxyl groups is 1. The van der Waals surface area contributed by atoms with Crippen LogP contribution < -0.4 is 10.2 Å². The third kappa shape index (κ3) is 4.59. The predicted octanol–water partition coefficient (Wildman–Crippen LogP) is 5.18. The summed E-state index contributed by atoms with van der Waals surface area (Å²) in [5, 5.41) is 25.5. The van der Waals surface area contributed by atoms with Gasteiger partial charge in [0.15, 0.2) is 0 Å². The number of nitro groups is 1. The van der Waals surface area contributed by atoms with Gasteiger partial charge in [0.1, 0.15) is 6.10 Å². The van der Waals surface area contributed by atoms with E-state index < -0.39 is 16.9 Å². The second-order valence-corrected chi connectivity index (χ2v) is 8.09. The fourth-order valence-electron chi connectivity index (χ4n) is 3.93.